The molecule has 5 heteroatoms. The number of likely N-dealkylation sites (tertiary alicyclic amines) is 1. The number of nitrogens with one attached hydrogen (secondary N) is 1. The first-order chi connectivity index (χ1) is 9.63. The summed E-state index contributed by atoms with van der Waals surface area (Å²) in [5.74, 6) is 0.914. The minimum atomic E-state index is 0.469. The summed E-state index contributed by atoms with van der Waals surface area (Å²) in [7, 11) is 2.18. The van der Waals surface area contributed by atoms with Crippen LogP contribution in [0.15, 0.2) is 24.5 Å². The Morgan fingerprint density at radius 2 is 2.20 bits per heavy atom. The van der Waals surface area contributed by atoms with E-state index in [4.69, 9.17) is 5.73 Å². The Kier molecular flexibility index (Phi) is 3.44. The number of fused-ring (bicyclic) bond motifs is 1. The van der Waals surface area contributed by atoms with Crippen molar-refractivity contribution in [2.75, 3.05) is 24.6 Å². The van der Waals surface area contributed by atoms with E-state index in [1.807, 2.05) is 18.2 Å². The molecule has 0 amide bonds. The van der Waals surface area contributed by atoms with Crippen molar-refractivity contribution in [3.05, 3.63) is 24.5 Å². The molecule has 3 N–H and O–H groups in total. The first-order valence-corrected chi connectivity index (χ1v) is 7.10. The molecule has 2 aromatic rings. The van der Waals surface area contributed by atoms with Gasteiger partial charge in [-0.3, -0.25) is 0 Å². The Labute approximate surface area is 119 Å². The van der Waals surface area contributed by atoms with E-state index in [2.05, 4.69) is 34.2 Å². The lowest BCUT2D eigenvalue weighted by atomic mass is 9.99. The van der Waals surface area contributed by atoms with Crippen LogP contribution in [0.2, 0.25) is 0 Å². The SMILES string of the molecule is CC1CC(Nc2ncnc3cc(N)ccc23)CCN1C. The molecule has 1 aliphatic heterocycles. The van der Waals surface area contributed by atoms with E-state index in [0.717, 1.165) is 41.8 Å². The Hall–Kier alpha value is -1.88. The Bertz CT molecular complexity index is 612. The highest BCUT2D eigenvalue weighted by Crippen LogP contribution is 2.24. The third kappa shape index (κ3) is 2.54. The molecule has 106 valence electrons. The maximum atomic E-state index is 5.81. The minimum absolute atomic E-state index is 0.469. The van der Waals surface area contributed by atoms with Gasteiger partial charge in [-0.25, -0.2) is 9.97 Å². The number of hydrogen-bond donors (Lipinski definition) is 2. The van der Waals surface area contributed by atoms with Crippen LogP contribution < -0.4 is 11.1 Å². The zero-order chi connectivity index (χ0) is 14.1. The molecule has 3 rings (SSSR count). The molecule has 0 saturated carbocycles. The predicted molar refractivity (Wildman–Crippen MR) is 82.7 cm³/mol. The number of nitrogens with zero attached hydrogens (tertiary/aromatic N) is 3. The lowest BCUT2D eigenvalue weighted by Crippen LogP contribution is -2.42. The molecule has 0 radical (unpaired) electrons. The van der Waals surface area contributed by atoms with Crippen molar-refractivity contribution in [1.82, 2.24) is 14.9 Å². The van der Waals surface area contributed by atoms with Crippen LogP contribution in [0, 0.1) is 0 Å². The van der Waals surface area contributed by atoms with E-state index >= 15 is 0 Å². The number of rotatable bonds is 2. The Balaban J connectivity index is 1.84. The van der Waals surface area contributed by atoms with E-state index in [9.17, 15) is 0 Å². The van der Waals surface area contributed by atoms with Gasteiger partial charge in [-0.2, -0.15) is 0 Å². The van der Waals surface area contributed by atoms with Gasteiger partial charge in [0.25, 0.3) is 0 Å². The summed E-state index contributed by atoms with van der Waals surface area (Å²) in [6, 6.07) is 6.85. The van der Waals surface area contributed by atoms with Gasteiger partial charge in [-0.05, 0) is 45.0 Å². The lowest BCUT2D eigenvalue weighted by Gasteiger charge is -2.35. The first kappa shape index (κ1) is 13.1. The van der Waals surface area contributed by atoms with Gasteiger partial charge >= 0.3 is 0 Å². The fourth-order valence-electron chi connectivity index (χ4n) is 2.80. The van der Waals surface area contributed by atoms with Crippen LogP contribution in [-0.2, 0) is 0 Å². The van der Waals surface area contributed by atoms with Crippen molar-refractivity contribution >= 4 is 22.4 Å². The van der Waals surface area contributed by atoms with Crippen molar-refractivity contribution in [2.24, 2.45) is 0 Å². The lowest BCUT2D eigenvalue weighted by molar-refractivity contribution is 0.190. The van der Waals surface area contributed by atoms with Gasteiger partial charge < -0.3 is 16.0 Å². The maximum Gasteiger partial charge on any atom is 0.137 e. The molecule has 1 aromatic carbocycles. The zero-order valence-electron chi connectivity index (χ0n) is 12.0. The monoisotopic (exact) mass is 271 g/mol. The molecule has 1 aliphatic rings. The van der Waals surface area contributed by atoms with Gasteiger partial charge in [0.15, 0.2) is 0 Å². The molecule has 2 unspecified atom stereocenters. The van der Waals surface area contributed by atoms with E-state index in [-0.39, 0.29) is 0 Å². The summed E-state index contributed by atoms with van der Waals surface area (Å²) < 4.78 is 0. The topological polar surface area (TPSA) is 67.1 Å². The fourth-order valence-corrected chi connectivity index (χ4v) is 2.80. The second kappa shape index (κ2) is 5.25. The van der Waals surface area contributed by atoms with E-state index in [0.29, 0.717) is 12.1 Å². The maximum absolute atomic E-state index is 5.81. The van der Waals surface area contributed by atoms with Crippen LogP contribution >= 0.6 is 0 Å². The molecule has 2 atom stereocenters. The first-order valence-electron chi connectivity index (χ1n) is 7.10. The molecule has 20 heavy (non-hydrogen) atoms. The van der Waals surface area contributed by atoms with Crippen molar-refractivity contribution < 1.29 is 0 Å². The van der Waals surface area contributed by atoms with E-state index in [1.165, 1.54) is 0 Å². The van der Waals surface area contributed by atoms with Gasteiger partial charge in [0.05, 0.1) is 5.52 Å². The average Bonchev–Trinajstić information content (AvgIpc) is 2.43. The standard InChI is InChI=1S/C15H21N5/c1-10-7-12(5-6-20(10)2)19-15-13-4-3-11(16)8-14(13)17-9-18-15/h3-4,8-10,12H,5-7,16H2,1-2H3,(H,17,18,19). The molecule has 1 saturated heterocycles. The second-order valence-corrected chi connectivity index (χ2v) is 5.69. The molecule has 0 aliphatic carbocycles. The molecular formula is C15H21N5. The third-order valence-corrected chi connectivity index (χ3v) is 4.21. The largest absolute Gasteiger partial charge is 0.399 e. The van der Waals surface area contributed by atoms with Crippen LogP contribution in [0.25, 0.3) is 10.9 Å². The van der Waals surface area contributed by atoms with Crippen molar-refractivity contribution in [3.8, 4) is 0 Å². The van der Waals surface area contributed by atoms with Gasteiger partial charge in [-0.1, -0.05) is 0 Å². The van der Waals surface area contributed by atoms with Crippen LogP contribution in [0.3, 0.4) is 0 Å². The van der Waals surface area contributed by atoms with Gasteiger partial charge in [0, 0.05) is 29.7 Å². The second-order valence-electron chi connectivity index (χ2n) is 5.69. The van der Waals surface area contributed by atoms with Gasteiger partial charge in [0.2, 0.25) is 0 Å². The summed E-state index contributed by atoms with van der Waals surface area (Å²) >= 11 is 0. The van der Waals surface area contributed by atoms with Crippen LogP contribution in [0.1, 0.15) is 19.8 Å². The normalized spacial score (nSPS) is 23.9. The molecule has 2 heterocycles. The highest BCUT2D eigenvalue weighted by atomic mass is 15.2. The van der Waals surface area contributed by atoms with Crippen LogP contribution in [0.5, 0.6) is 0 Å². The van der Waals surface area contributed by atoms with Crippen LogP contribution in [0.4, 0.5) is 11.5 Å². The number of hydrogen-bond acceptors (Lipinski definition) is 5. The quantitative estimate of drug-likeness (QED) is 0.819. The van der Waals surface area contributed by atoms with E-state index < -0.39 is 0 Å². The number of nitrogen functional groups attached to an aromatic ring is 1. The highest BCUT2D eigenvalue weighted by Gasteiger charge is 2.23. The number of piperidine rings is 1. The van der Waals surface area contributed by atoms with Crippen LogP contribution in [-0.4, -0.2) is 40.5 Å². The molecule has 0 bridgehead atoms. The number of benzene rings is 1. The minimum Gasteiger partial charge on any atom is -0.399 e. The summed E-state index contributed by atoms with van der Waals surface area (Å²) in [4.78, 5) is 11.1. The Morgan fingerprint density at radius 3 is 3.00 bits per heavy atom. The molecule has 1 aromatic heterocycles. The predicted octanol–water partition coefficient (Wildman–Crippen LogP) is 2.11. The number of aromatic nitrogens is 2. The summed E-state index contributed by atoms with van der Waals surface area (Å²) in [5, 5.41) is 4.61. The van der Waals surface area contributed by atoms with E-state index in [1.54, 1.807) is 6.33 Å². The average molecular weight is 271 g/mol. The smallest absolute Gasteiger partial charge is 0.137 e. The Morgan fingerprint density at radius 1 is 1.35 bits per heavy atom. The number of anilines is 2. The fraction of sp³-hybridized carbons (Fsp3) is 0.467. The molecule has 5 nitrogen and oxygen atoms in total. The third-order valence-electron chi connectivity index (χ3n) is 4.21. The zero-order valence-corrected chi connectivity index (χ0v) is 12.0. The number of nitrogens with two attached hydrogens (primary N) is 1. The molecular weight excluding hydrogens is 250 g/mol. The van der Waals surface area contributed by atoms with Crippen molar-refractivity contribution in [1.29, 1.82) is 0 Å². The molecule has 1 fully saturated rings. The summed E-state index contributed by atoms with van der Waals surface area (Å²) in [6.07, 6.45) is 3.88. The van der Waals surface area contributed by atoms with Gasteiger partial charge in [0.1, 0.15) is 12.1 Å². The molecule has 0 spiro atoms. The van der Waals surface area contributed by atoms with Crippen molar-refractivity contribution in [2.45, 2.75) is 31.8 Å². The van der Waals surface area contributed by atoms with Gasteiger partial charge in [-0.15, -0.1) is 0 Å². The summed E-state index contributed by atoms with van der Waals surface area (Å²) in [6.45, 7) is 3.39. The summed E-state index contributed by atoms with van der Waals surface area (Å²) in [5.41, 5.74) is 7.43. The van der Waals surface area contributed by atoms with Crippen molar-refractivity contribution in [3.63, 3.8) is 0 Å². The highest BCUT2D eigenvalue weighted by molar-refractivity contribution is 5.90.